The molecule has 0 spiro atoms. The van der Waals surface area contributed by atoms with Crippen LogP contribution in [0.15, 0.2) is 18.2 Å². The average molecular weight is 217 g/mol. The summed E-state index contributed by atoms with van der Waals surface area (Å²) in [6, 6.07) is 4.73. The SMILES string of the molecule is C#CC(C)(C)NC(=O)c1ccc(N)cc1N. The van der Waals surface area contributed by atoms with Crippen molar-refractivity contribution < 1.29 is 4.79 Å². The van der Waals surface area contributed by atoms with Gasteiger partial charge in [-0.25, -0.2) is 0 Å². The van der Waals surface area contributed by atoms with E-state index in [1.807, 2.05) is 0 Å². The average Bonchev–Trinajstić information content (AvgIpc) is 2.16. The second-order valence-corrected chi connectivity index (χ2v) is 4.07. The van der Waals surface area contributed by atoms with E-state index in [0.717, 1.165) is 0 Å². The quantitative estimate of drug-likeness (QED) is 0.510. The molecule has 0 bridgehead atoms. The van der Waals surface area contributed by atoms with Crippen LogP contribution in [-0.4, -0.2) is 11.4 Å². The van der Waals surface area contributed by atoms with Gasteiger partial charge in [-0.05, 0) is 32.0 Å². The largest absolute Gasteiger partial charge is 0.399 e. The van der Waals surface area contributed by atoms with Gasteiger partial charge in [0.25, 0.3) is 5.91 Å². The molecule has 5 N–H and O–H groups in total. The van der Waals surface area contributed by atoms with Gasteiger partial charge in [0.1, 0.15) is 0 Å². The van der Waals surface area contributed by atoms with E-state index in [1.165, 1.54) is 6.07 Å². The third-order valence-corrected chi connectivity index (χ3v) is 2.11. The molecule has 1 aromatic rings. The lowest BCUT2D eigenvalue weighted by molar-refractivity contribution is 0.0931. The van der Waals surface area contributed by atoms with Gasteiger partial charge in [0.2, 0.25) is 0 Å². The minimum Gasteiger partial charge on any atom is -0.399 e. The Morgan fingerprint density at radius 2 is 2.06 bits per heavy atom. The maximum absolute atomic E-state index is 11.8. The second kappa shape index (κ2) is 4.15. The molecular weight excluding hydrogens is 202 g/mol. The summed E-state index contributed by atoms with van der Waals surface area (Å²) in [6.45, 7) is 3.47. The fourth-order valence-corrected chi connectivity index (χ4v) is 1.18. The maximum atomic E-state index is 11.8. The summed E-state index contributed by atoms with van der Waals surface area (Å²) in [5, 5.41) is 2.69. The molecule has 0 fully saturated rings. The number of carbonyl (C=O) groups is 1. The van der Waals surface area contributed by atoms with Gasteiger partial charge >= 0.3 is 0 Å². The van der Waals surface area contributed by atoms with Crippen LogP contribution in [0.4, 0.5) is 11.4 Å². The van der Waals surface area contributed by atoms with Crippen molar-refractivity contribution in [3.63, 3.8) is 0 Å². The number of hydrogen-bond donors (Lipinski definition) is 3. The number of nitrogens with two attached hydrogens (primary N) is 2. The summed E-state index contributed by atoms with van der Waals surface area (Å²) in [5.41, 5.74) is 11.8. The summed E-state index contributed by atoms with van der Waals surface area (Å²) < 4.78 is 0. The lowest BCUT2D eigenvalue weighted by Crippen LogP contribution is -2.42. The first-order valence-corrected chi connectivity index (χ1v) is 4.81. The van der Waals surface area contributed by atoms with Crippen molar-refractivity contribution in [1.82, 2.24) is 5.32 Å². The van der Waals surface area contributed by atoms with Crippen molar-refractivity contribution in [2.75, 3.05) is 11.5 Å². The van der Waals surface area contributed by atoms with E-state index in [1.54, 1.807) is 26.0 Å². The van der Waals surface area contributed by atoms with Crippen molar-refractivity contribution >= 4 is 17.3 Å². The first kappa shape index (κ1) is 11.9. The molecule has 0 aliphatic carbocycles. The highest BCUT2D eigenvalue weighted by Gasteiger charge is 2.19. The lowest BCUT2D eigenvalue weighted by Gasteiger charge is -2.20. The number of nitrogens with one attached hydrogen (secondary N) is 1. The van der Waals surface area contributed by atoms with E-state index >= 15 is 0 Å². The summed E-state index contributed by atoms with van der Waals surface area (Å²) in [5.74, 6) is 2.17. The molecule has 0 radical (unpaired) electrons. The van der Waals surface area contributed by atoms with Crippen LogP contribution >= 0.6 is 0 Å². The van der Waals surface area contributed by atoms with E-state index in [4.69, 9.17) is 17.9 Å². The molecule has 0 heterocycles. The standard InChI is InChI=1S/C12H15N3O/c1-4-12(2,3)15-11(16)9-6-5-8(13)7-10(9)14/h1,5-7H,13-14H2,2-3H3,(H,15,16). The number of nitrogen functional groups attached to an aromatic ring is 2. The van der Waals surface area contributed by atoms with Crippen molar-refractivity contribution in [2.45, 2.75) is 19.4 Å². The van der Waals surface area contributed by atoms with Crippen LogP contribution in [-0.2, 0) is 0 Å². The molecule has 0 aliphatic rings. The van der Waals surface area contributed by atoms with Crippen molar-refractivity contribution in [3.05, 3.63) is 23.8 Å². The summed E-state index contributed by atoms with van der Waals surface area (Å²) in [7, 11) is 0. The van der Waals surface area contributed by atoms with Gasteiger partial charge in [0.15, 0.2) is 0 Å². The summed E-state index contributed by atoms with van der Waals surface area (Å²) in [6.07, 6.45) is 5.28. The molecule has 4 nitrogen and oxygen atoms in total. The normalized spacial score (nSPS) is 10.6. The van der Waals surface area contributed by atoms with Crippen molar-refractivity contribution in [3.8, 4) is 12.3 Å². The predicted octanol–water partition coefficient (Wildman–Crippen LogP) is 0.993. The Labute approximate surface area is 95.0 Å². The Morgan fingerprint density at radius 3 is 2.56 bits per heavy atom. The predicted molar refractivity (Wildman–Crippen MR) is 65.6 cm³/mol. The van der Waals surface area contributed by atoms with Gasteiger partial charge in [-0.15, -0.1) is 6.42 Å². The highest BCUT2D eigenvalue weighted by atomic mass is 16.1. The maximum Gasteiger partial charge on any atom is 0.254 e. The van der Waals surface area contributed by atoms with Crippen LogP contribution in [0.5, 0.6) is 0 Å². The monoisotopic (exact) mass is 217 g/mol. The van der Waals surface area contributed by atoms with E-state index in [-0.39, 0.29) is 5.91 Å². The van der Waals surface area contributed by atoms with E-state index in [2.05, 4.69) is 11.2 Å². The molecule has 0 atom stereocenters. The van der Waals surface area contributed by atoms with Crippen LogP contribution in [0.2, 0.25) is 0 Å². The number of carbonyl (C=O) groups excluding carboxylic acids is 1. The molecule has 84 valence electrons. The van der Waals surface area contributed by atoms with Crippen LogP contribution in [0.3, 0.4) is 0 Å². The van der Waals surface area contributed by atoms with Crippen molar-refractivity contribution in [1.29, 1.82) is 0 Å². The zero-order valence-corrected chi connectivity index (χ0v) is 9.37. The number of rotatable bonds is 2. The Hall–Kier alpha value is -2.15. The molecule has 0 aromatic heterocycles. The van der Waals surface area contributed by atoms with E-state index < -0.39 is 5.54 Å². The molecule has 0 aliphatic heterocycles. The van der Waals surface area contributed by atoms with Gasteiger partial charge in [-0.1, -0.05) is 5.92 Å². The number of hydrogen-bond acceptors (Lipinski definition) is 3. The number of benzene rings is 1. The third-order valence-electron chi connectivity index (χ3n) is 2.11. The van der Waals surface area contributed by atoms with Gasteiger partial charge in [0.05, 0.1) is 11.1 Å². The van der Waals surface area contributed by atoms with Crippen LogP contribution in [0.1, 0.15) is 24.2 Å². The van der Waals surface area contributed by atoms with E-state index in [0.29, 0.717) is 16.9 Å². The first-order chi connectivity index (χ1) is 7.35. The Bertz CT molecular complexity index is 458. The number of terminal acetylenes is 1. The number of anilines is 2. The fourth-order valence-electron chi connectivity index (χ4n) is 1.18. The van der Waals surface area contributed by atoms with Gasteiger partial charge in [0, 0.05) is 11.4 Å². The minimum atomic E-state index is -0.703. The van der Waals surface area contributed by atoms with Crippen LogP contribution < -0.4 is 16.8 Å². The van der Waals surface area contributed by atoms with E-state index in [9.17, 15) is 4.79 Å². The molecule has 4 heteroatoms. The minimum absolute atomic E-state index is 0.305. The highest BCUT2D eigenvalue weighted by Crippen LogP contribution is 2.16. The fraction of sp³-hybridized carbons (Fsp3) is 0.250. The Morgan fingerprint density at radius 1 is 1.44 bits per heavy atom. The molecule has 16 heavy (non-hydrogen) atoms. The molecule has 1 aromatic carbocycles. The third kappa shape index (κ3) is 2.67. The van der Waals surface area contributed by atoms with Gasteiger partial charge < -0.3 is 16.8 Å². The van der Waals surface area contributed by atoms with Gasteiger partial charge in [-0.3, -0.25) is 4.79 Å². The summed E-state index contributed by atoms with van der Waals surface area (Å²) in [4.78, 5) is 11.8. The lowest BCUT2D eigenvalue weighted by atomic mass is 10.1. The molecule has 1 rings (SSSR count). The smallest absolute Gasteiger partial charge is 0.254 e. The zero-order valence-electron chi connectivity index (χ0n) is 9.37. The van der Waals surface area contributed by atoms with Crippen molar-refractivity contribution in [2.24, 2.45) is 0 Å². The Kier molecular flexibility index (Phi) is 3.09. The molecule has 0 saturated carbocycles. The molecule has 0 saturated heterocycles. The topological polar surface area (TPSA) is 81.1 Å². The highest BCUT2D eigenvalue weighted by molar-refractivity contribution is 6.00. The van der Waals surface area contributed by atoms with Crippen LogP contribution in [0, 0.1) is 12.3 Å². The zero-order chi connectivity index (χ0) is 12.3. The Balaban J connectivity index is 2.95. The van der Waals surface area contributed by atoms with Gasteiger partial charge in [-0.2, -0.15) is 0 Å². The molecule has 0 unspecified atom stereocenters. The summed E-state index contributed by atoms with van der Waals surface area (Å²) >= 11 is 0. The first-order valence-electron chi connectivity index (χ1n) is 4.81. The number of amides is 1. The molecule has 1 amide bonds. The second-order valence-electron chi connectivity index (χ2n) is 4.07. The molecular formula is C12H15N3O. The van der Waals surface area contributed by atoms with Crippen LogP contribution in [0.25, 0.3) is 0 Å².